The van der Waals surface area contributed by atoms with Crippen LogP contribution >= 0.6 is 0 Å². The summed E-state index contributed by atoms with van der Waals surface area (Å²) < 4.78 is 0. The Morgan fingerprint density at radius 1 is 1.12 bits per heavy atom. The number of nitro benzene ring substituents is 1. The van der Waals surface area contributed by atoms with E-state index in [9.17, 15) is 14.9 Å². The third-order valence-electron chi connectivity index (χ3n) is 4.99. The van der Waals surface area contributed by atoms with Crippen molar-refractivity contribution in [2.75, 3.05) is 23.3 Å². The van der Waals surface area contributed by atoms with Crippen LogP contribution < -0.4 is 10.2 Å². The maximum atomic E-state index is 13.0. The molecule has 3 rings (SSSR count). The lowest BCUT2D eigenvalue weighted by atomic mass is 10.0. The molecular formula is C20H23N3O3. The number of hydrogen-bond acceptors (Lipinski definition) is 4. The van der Waals surface area contributed by atoms with Gasteiger partial charge in [-0.1, -0.05) is 12.1 Å². The molecule has 0 saturated carbocycles. The number of aryl methyl sites for hydroxylation is 1. The van der Waals surface area contributed by atoms with Crippen LogP contribution in [0, 0.1) is 24.0 Å². The second-order valence-corrected chi connectivity index (χ2v) is 6.71. The lowest BCUT2D eigenvalue weighted by molar-refractivity contribution is -0.384. The van der Waals surface area contributed by atoms with E-state index in [1.165, 1.54) is 18.6 Å². The molecule has 6 heteroatoms. The summed E-state index contributed by atoms with van der Waals surface area (Å²) in [5.41, 5.74) is 3.84. The first kappa shape index (κ1) is 17.9. The van der Waals surface area contributed by atoms with E-state index in [2.05, 4.69) is 10.2 Å². The van der Waals surface area contributed by atoms with Crippen LogP contribution in [0.25, 0.3) is 0 Å². The highest BCUT2D eigenvalue weighted by atomic mass is 16.6. The van der Waals surface area contributed by atoms with E-state index < -0.39 is 4.92 Å². The smallest absolute Gasteiger partial charge is 0.270 e. The summed E-state index contributed by atoms with van der Waals surface area (Å²) in [7, 11) is 0. The van der Waals surface area contributed by atoms with Crippen LogP contribution in [0.3, 0.4) is 0 Å². The van der Waals surface area contributed by atoms with Crippen LogP contribution in [0.5, 0.6) is 0 Å². The zero-order chi connectivity index (χ0) is 18.7. The van der Waals surface area contributed by atoms with Crippen molar-refractivity contribution in [3.63, 3.8) is 0 Å². The average Bonchev–Trinajstić information content (AvgIpc) is 2.65. The molecule has 1 amide bonds. The molecule has 2 aromatic rings. The molecule has 1 fully saturated rings. The highest BCUT2D eigenvalue weighted by Gasteiger charge is 2.22. The topological polar surface area (TPSA) is 75.5 Å². The Balaban J connectivity index is 1.97. The lowest BCUT2D eigenvalue weighted by Gasteiger charge is -2.30. The van der Waals surface area contributed by atoms with Crippen molar-refractivity contribution < 1.29 is 9.72 Å². The van der Waals surface area contributed by atoms with Gasteiger partial charge in [0.1, 0.15) is 0 Å². The van der Waals surface area contributed by atoms with E-state index in [-0.39, 0.29) is 11.6 Å². The van der Waals surface area contributed by atoms with Gasteiger partial charge < -0.3 is 10.2 Å². The molecule has 0 aliphatic carbocycles. The van der Waals surface area contributed by atoms with Crippen LogP contribution in [-0.4, -0.2) is 23.9 Å². The number of anilines is 2. The predicted octanol–water partition coefficient (Wildman–Crippen LogP) is 4.45. The van der Waals surface area contributed by atoms with E-state index in [4.69, 9.17) is 0 Å². The van der Waals surface area contributed by atoms with Gasteiger partial charge in [-0.2, -0.15) is 0 Å². The zero-order valence-corrected chi connectivity index (χ0v) is 15.1. The number of carbonyl (C=O) groups excluding carboxylic acids is 1. The van der Waals surface area contributed by atoms with Gasteiger partial charge in [0.05, 0.1) is 16.2 Å². The molecule has 26 heavy (non-hydrogen) atoms. The Hall–Kier alpha value is -2.89. The molecule has 0 aromatic heterocycles. The van der Waals surface area contributed by atoms with Crippen molar-refractivity contribution >= 4 is 23.0 Å². The second-order valence-electron chi connectivity index (χ2n) is 6.71. The van der Waals surface area contributed by atoms with E-state index in [1.54, 1.807) is 6.07 Å². The molecule has 6 nitrogen and oxygen atoms in total. The molecule has 0 bridgehead atoms. The van der Waals surface area contributed by atoms with Crippen LogP contribution in [0.4, 0.5) is 17.1 Å². The van der Waals surface area contributed by atoms with Gasteiger partial charge in [-0.15, -0.1) is 0 Å². The normalized spacial score (nSPS) is 14.2. The molecular weight excluding hydrogens is 330 g/mol. The standard InChI is InChI=1S/C20H23N3O3/c1-14-7-6-8-18(15(14)2)21-20(24)17-13-16(23(25)26)9-10-19(17)22-11-4-3-5-12-22/h6-10,13H,3-5,11-12H2,1-2H3,(H,21,24). The first-order valence-electron chi connectivity index (χ1n) is 8.88. The molecule has 0 spiro atoms. The fourth-order valence-electron chi connectivity index (χ4n) is 3.31. The SMILES string of the molecule is Cc1cccc(NC(=O)c2cc([N+](=O)[O-])ccc2N2CCCCC2)c1C. The Kier molecular flexibility index (Phi) is 5.21. The zero-order valence-electron chi connectivity index (χ0n) is 15.1. The fourth-order valence-corrected chi connectivity index (χ4v) is 3.31. The van der Waals surface area contributed by atoms with Crippen LogP contribution in [0.15, 0.2) is 36.4 Å². The summed E-state index contributed by atoms with van der Waals surface area (Å²) in [4.78, 5) is 25.8. The summed E-state index contributed by atoms with van der Waals surface area (Å²) in [5, 5.41) is 14.1. The summed E-state index contributed by atoms with van der Waals surface area (Å²) in [6.07, 6.45) is 3.30. The summed E-state index contributed by atoms with van der Waals surface area (Å²) in [5.74, 6) is -0.317. The minimum absolute atomic E-state index is 0.0723. The molecule has 1 saturated heterocycles. The number of nitro groups is 1. The van der Waals surface area contributed by atoms with Crippen molar-refractivity contribution in [2.24, 2.45) is 0 Å². The number of nitrogens with zero attached hydrogens (tertiary/aromatic N) is 2. The minimum Gasteiger partial charge on any atom is -0.371 e. The van der Waals surface area contributed by atoms with Gasteiger partial charge >= 0.3 is 0 Å². The van der Waals surface area contributed by atoms with E-state index in [1.807, 2.05) is 32.0 Å². The molecule has 1 aliphatic heterocycles. The number of amides is 1. The van der Waals surface area contributed by atoms with Gasteiger partial charge in [-0.25, -0.2) is 0 Å². The van der Waals surface area contributed by atoms with Gasteiger partial charge in [0, 0.05) is 30.9 Å². The first-order chi connectivity index (χ1) is 12.5. The van der Waals surface area contributed by atoms with Gasteiger partial charge in [0.2, 0.25) is 0 Å². The Labute approximate surface area is 153 Å². The monoisotopic (exact) mass is 353 g/mol. The maximum absolute atomic E-state index is 13.0. The maximum Gasteiger partial charge on any atom is 0.270 e. The number of non-ortho nitro benzene ring substituents is 1. The van der Waals surface area contributed by atoms with Crippen LogP contribution in [-0.2, 0) is 0 Å². The summed E-state index contributed by atoms with van der Waals surface area (Å²) >= 11 is 0. The summed E-state index contributed by atoms with van der Waals surface area (Å²) in [6.45, 7) is 5.66. The predicted molar refractivity (Wildman–Crippen MR) is 103 cm³/mol. The number of carbonyl (C=O) groups is 1. The highest BCUT2D eigenvalue weighted by Crippen LogP contribution is 2.29. The Morgan fingerprint density at radius 2 is 1.85 bits per heavy atom. The van der Waals surface area contributed by atoms with Crippen molar-refractivity contribution in [3.8, 4) is 0 Å². The number of rotatable bonds is 4. The number of benzene rings is 2. The second kappa shape index (κ2) is 7.56. The Morgan fingerprint density at radius 3 is 2.54 bits per heavy atom. The molecule has 1 aliphatic rings. The van der Waals surface area contributed by atoms with Crippen molar-refractivity contribution in [1.29, 1.82) is 0 Å². The quantitative estimate of drug-likeness (QED) is 0.651. The van der Waals surface area contributed by atoms with Crippen LogP contribution in [0.1, 0.15) is 40.7 Å². The van der Waals surface area contributed by atoms with E-state index >= 15 is 0 Å². The largest absolute Gasteiger partial charge is 0.371 e. The molecule has 0 unspecified atom stereocenters. The van der Waals surface area contributed by atoms with E-state index in [0.29, 0.717) is 5.56 Å². The molecule has 0 atom stereocenters. The number of hydrogen-bond donors (Lipinski definition) is 1. The Bertz CT molecular complexity index is 842. The fraction of sp³-hybridized carbons (Fsp3) is 0.350. The third-order valence-corrected chi connectivity index (χ3v) is 4.99. The number of nitrogens with one attached hydrogen (secondary N) is 1. The number of piperidine rings is 1. The van der Waals surface area contributed by atoms with Crippen molar-refractivity contribution in [1.82, 2.24) is 0 Å². The molecule has 1 N–H and O–H groups in total. The molecule has 1 heterocycles. The molecule has 2 aromatic carbocycles. The molecule has 136 valence electrons. The van der Waals surface area contributed by atoms with Gasteiger partial charge in [0.25, 0.3) is 11.6 Å². The van der Waals surface area contributed by atoms with E-state index in [0.717, 1.165) is 48.4 Å². The third kappa shape index (κ3) is 3.69. The van der Waals surface area contributed by atoms with Crippen LogP contribution in [0.2, 0.25) is 0 Å². The minimum atomic E-state index is -0.464. The van der Waals surface area contributed by atoms with Gasteiger partial charge in [0.15, 0.2) is 0 Å². The summed E-state index contributed by atoms with van der Waals surface area (Å²) in [6, 6.07) is 10.3. The lowest BCUT2D eigenvalue weighted by Crippen LogP contribution is -2.31. The average molecular weight is 353 g/mol. The van der Waals surface area contributed by atoms with Gasteiger partial charge in [-0.05, 0) is 56.4 Å². The highest BCUT2D eigenvalue weighted by molar-refractivity contribution is 6.09. The molecule has 0 radical (unpaired) electrons. The van der Waals surface area contributed by atoms with Crippen molar-refractivity contribution in [2.45, 2.75) is 33.1 Å². The first-order valence-corrected chi connectivity index (χ1v) is 8.88. The van der Waals surface area contributed by atoms with Crippen molar-refractivity contribution in [3.05, 3.63) is 63.2 Å². The van der Waals surface area contributed by atoms with Gasteiger partial charge in [-0.3, -0.25) is 14.9 Å².